The summed E-state index contributed by atoms with van der Waals surface area (Å²) >= 11 is 7.08. The lowest BCUT2D eigenvalue weighted by molar-refractivity contribution is -0.143. The van der Waals surface area contributed by atoms with Crippen LogP contribution in [0.4, 0.5) is 0 Å². The van der Waals surface area contributed by atoms with E-state index in [1.807, 2.05) is 0 Å². The number of thioether (sulfide) groups is 1. The summed E-state index contributed by atoms with van der Waals surface area (Å²) in [5.74, 6) is -1.28. The molecular formula is C12H19ClO4S. The molecule has 6 heteroatoms. The minimum atomic E-state index is -0.915. The first-order valence-corrected chi connectivity index (χ1v) is 7.53. The van der Waals surface area contributed by atoms with Gasteiger partial charge in [-0.1, -0.05) is 11.8 Å². The highest BCUT2D eigenvalue weighted by molar-refractivity contribution is 8.13. The molecule has 0 bridgehead atoms. The second-order valence-electron chi connectivity index (χ2n) is 4.56. The third-order valence-corrected chi connectivity index (χ3v) is 4.30. The molecule has 1 aliphatic carbocycles. The van der Waals surface area contributed by atoms with Gasteiger partial charge in [-0.05, 0) is 25.7 Å². The molecule has 1 saturated carbocycles. The van der Waals surface area contributed by atoms with Crippen LogP contribution in [0.5, 0.6) is 0 Å². The van der Waals surface area contributed by atoms with Crippen LogP contribution in [-0.2, 0) is 14.3 Å². The summed E-state index contributed by atoms with van der Waals surface area (Å²) in [5.41, 5.74) is 0. The molecule has 0 saturated heterocycles. The van der Waals surface area contributed by atoms with Gasteiger partial charge in [0, 0.05) is 18.1 Å². The van der Waals surface area contributed by atoms with Crippen LogP contribution in [-0.4, -0.2) is 40.0 Å². The van der Waals surface area contributed by atoms with E-state index in [4.69, 9.17) is 21.4 Å². The van der Waals surface area contributed by atoms with Gasteiger partial charge in [-0.3, -0.25) is 9.59 Å². The average Bonchev–Trinajstić information content (AvgIpc) is 2.28. The number of halogens is 1. The molecular weight excluding hydrogens is 276 g/mol. The lowest BCUT2D eigenvalue weighted by Crippen LogP contribution is -2.29. The van der Waals surface area contributed by atoms with E-state index >= 15 is 0 Å². The van der Waals surface area contributed by atoms with Gasteiger partial charge < -0.3 is 9.84 Å². The molecule has 0 radical (unpaired) electrons. The zero-order valence-corrected chi connectivity index (χ0v) is 12.0. The Morgan fingerprint density at radius 2 is 2.22 bits per heavy atom. The standard InChI is InChI=1S/C12H19ClO4S/c1-8(14)18-7-9(12(15)16)6-17-11-4-2-3-10(13)5-11/h9-11H,2-7H2,1H3,(H,15,16). The molecule has 104 valence electrons. The normalized spacial score (nSPS) is 25.7. The maximum Gasteiger partial charge on any atom is 0.309 e. The van der Waals surface area contributed by atoms with Crippen LogP contribution in [0.25, 0.3) is 0 Å². The predicted molar refractivity (Wildman–Crippen MR) is 72.1 cm³/mol. The first-order chi connectivity index (χ1) is 8.49. The Bertz CT molecular complexity index is 298. The number of hydrogen-bond acceptors (Lipinski definition) is 4. The number of aliphatic carboxylic acids is 1. The van der Waals surface area contributed by atoms with Gasteiger partial charge in [0.1, 0.15) is 0 Å². The van der Waals surface area contributed by atoms with Gasteiger partial charge in [-0.2, -0.15) is 0 Å². The van der Waals surface area contributed by atoms with E-state index in [1.54, 1.807) is 0 Å². The van der Waals surface area contributed by atoms with Crippen LogP contribution in [0.2, 0.25) is 0 Å². The zero-order chi connectivity index (χ0) is 13.5. The lowest BCUT2D eigenvalue weighted by Gasteiger charge is -2.26. The van der Waals surface area contributed by atoms with Crippen LogP contribution < -0.4 is 0 Å². The van der Waals surface area contributed by atoms with Crippen LogP contribution in [0, 0.1) is 5.92 Å². The van der Waals surface area contributed by atoms with Gasteiger partial charge >= 0.3 is 5.97 Å². The summed E-state index contributed by atoms with van der Waals surface area (Å²) < 4.78 is 5.62. The number of ether oxygens (including phenoxy) is 1. The Hall–Kier alpha value is -0.260. The van der Waals surface area contributed by atoms with Crippen LogP contribution in [0.15, 0.2) is 0 Å². The Morgan fingerprint density at radius 1 is 1.50 bits per heavy atom. The average molecular weight is 295 g/mol. The number of alkyl halides is 1. The van der Waals surface area contributed by atoms with Gasteiger partial charge in [0.25, 0.3) is 0 Å². The summed E-state index contributed by atoms with van der Waals surface area (Å²) in [6, 6.07) is 0. The van der Waals surface area contributed by atoms with Gasteiger partial charge in [0.2, 0.25) is 0 Å². The van der Waals surface area contributed by atoms with Gasteiger partial charge in [-0.15, -0.1) is 11.6 Å². The Kier molecular flexibility index (Phi) is 7.04. The fraction of sp³-hybridized carbons (Fsp3) is 0.833. The Balaban J connectivity index is 2.32. The number of carboxylic acids is 1. The number of rotatable bonds is 6. The molecule has 18 heavy (non-hydrogen) atoms. The first kappa shape index (κ1) is 15.8. The van der Waals surface area contributed by atoms with E-state index in [1.165, 1.54) is 6.92 Å². The molecule has 3 atom stereocenters. The fourth-order valence-corrected chi connectivity index (χ4v) is 2.93. The highest BCUT2D eigenvalue weighted by Crippen LogP contribution is 2.25. The summed E-state index contributed by atoms with van der Waals surface area (Å²) in [4.78, 5) is 21.8. The predicted octanol–water partition coefficient (Wildman–Crippen LogP) is 2.53. The maximum atomic E-state index is 11.0. The monoisotopic (exact) mass is 294 g/mol. The van der Waals surface area contributed by atoms with Crippen LogP contribution in [0.3, 0.4) is 0 Å². The van der Waals surface area contributed by atoms with Crippen LogP contribution >= 0.6 is 23.4 Å². The molecule has 0 aliphatic heterocycles. The van der Waals surface area contributed by atoms with Crippen LogP contribution in [0.1, 0.15) is 32.6 Å². The quantitative estimate of drug-likeness (QED) is 0.763. The van der Waals surface area contributed by atoms with Crippen molar-refractivity contribution in [1.29, 1.82) is 0 Å². The summed E-state index contributed by atoms with van der Waals surface area (Å²) in [5, 5.41) is 9.10. The van der Waals surface area contributed by atoms with E-state index < -0.39 is 11.9 Å². The van der Waals surface area contributed by atoms with Crippen molar-refractivity contribution in [2.45, 2.75) is 44.1 Å². The Morgan fingerprint density at radius 3 is 2.78 bits per heavy atom. The smallest absolute Gasteiger partial charge is 0.309 e. The highest BCUT2D eigenvalue weighted by atomic mass is 35.5. The molecule has 0 spiro atoms. The van der Waals surface area contributed by atoms with Crippen molar-refractivity contribution in [3.63, 3.8) is 0 Å². The van der Waals surface area contributed by atoms with Crippen molar-refractivity contribution in [3.05, 3.63) is 0 Å². The maximum absolute atomic E-state index is 11.0. The van der Waals surface area contributed by atoms with E-state index in [2.05, 4.69) is 0 Å². The van der Waals surface area contributed by atoms with E-state index in [0.29, 0.717) is 0 Å². The highest BCUT2D eigenvalue weighted by Gasteiger charge is 2.24. The van der Waals surface area contributed by atoms with Gasteiger partial charge in [0.15, 0.2) is 5.12 Å². The SMILES string of the molecule is CC(=O)SCC(COC1CCCC(Cl)C1)C(=O)O. The molecule has 0 aromatic carbocycles. The number of carbonyl (C=O) groups is 2. The fourth-order valence-electron chi connectivity index (χ4n) is 1.90. The van der Waals surface area contributed by atoms with Crippen molar-refractivity contribution < 1.29 is 19.4 Å². The van der Waals surface area contributed by atoms with E-state index in [0.717, 1.165) is 37.4 Å². The lowest BCUT2D eigenvalue weighted by atomic mass is 9.97. The first-order valence-electron chi connectivity index (χ1n) is 6.11. The third kappa shape index (κ3) is 6.07. The molecule has 1 fully saturated rings. The topological polar surface area (TPSA) is 63.6 Å². The molecule has 0 aromatic heterocycles. The van der Waals surface area contributed by atoms with Gasteiger partial charge in [0.05, 0.1) is 18.6 Å². The van der Waals surface area contributed by atoms with E-state index in [-0.39, 0.29) is 29.0 Å². The molecule has 4 nitrogen and oxygen atoms in total. The molecule has 0 amide bonds. The van der Waals surface area contributed by atoms with Crippen molar-refractivity contribution in [3.8, 4) is 0 Å². The summed E-state index contributed by atoms with van der Waals surface area (Å²) in [6.45, 7) is 1.59. The second-order valence-corrected chi connectivity index (χ2v) is 6.37. The number of carboxylic acid groups (broad SMARTS) is 1. The van der Waals surface area contributed by atoms with Crippen molar-refractivity contribution in [2.24, 2.45) is 5.92 Å². The molecule has 1 aliphatic rings. The third-order valence-electron chi connectivity index (χ3n) is 2.93. The van der Waals surface area contributed by atoms with Crippen molar-refractivity contribution in [1.82, 2.24) is 0 Å². The van der Waals surface area contributed by atoms with Crippen molar-refractivity contribution in [2.75, 3.05) is 12.4 Å². The Labute approximate surface area is 116 Å². The molecule has 0 aromatic rings. The minimum Gasteiger partial charge on any atom is -0.481 e. The summed E-state index contributed by atoms with van der Waals surface area (Å²) in [7, 11) is 0. The molecule has 1 rings (SSSR count). The zero-order valence-electron chi connectivity index (χ0n) is 10.4. The largest absolute Gasteiger partial charge is 0.481 e. The van der Waals surface area contributed by atoms with Gasteiger partial charge in [-0.25, -0.2) is 0 Å². The van der Waals surface area contributed by atoms with E-state index in [9.17, 15) is 9.59 Å². The van der Waals surface area contributed by atoms with Crippen molar-refractivity contribution >= 4 is 34.4 Å². The summed E-state index contributed by atoms with van der Waals surface area (Å²) in [6.07, 6.45) is 3.82. The molecule has 1 N–H and O–H groups in total. The second kappa shape index (κ2) is 8.02. The number of hydrogen-bond donors (Lipinski definition) is 1. The minimum absolute atomic E-state index is 0.0606. The molecule has 0 heterocycles. The molecule has 3 unspecified atom stereocenters. The number of carbonyl (C=O) groups excluding carboxylic acids is 1.